The summed E-state index contributed by atoms with van der Waals surface area (Å²) in [4.78, 5) is -0.0805. The van der Waals surface area contributed by atoms with E-state index in [0.717, 1.165) is 49.9 Å². The standard InChI is InChI=1S/C15H16F3NO2S/c16-15(17,18)13-3-5-14(6-4-13)22(20,21)19-9-7-12(8-10-19)11-1-2-11/h3-6H,1-2,7-10H2. The number of halogens is 3. The van der Waals surface area contributed by atoms with Gasteiger partial charge in [-0.15, -0.1) is 0 Å². The van der Waals surface area contributed by atoms with Crippen molar-refractivity contribution in [3.8, 4) is 0 Å². The minimum atomic E-state index is -4.46. The zero-order valence-corrected chi connectivity index (χ0v) is 12.7. The fourth-order valence-electron chi connectivity index (χ4n) is 2.73. The Morgan fingerprint density at radius 2 is 1.36 bits per heavy atom. The van der Waals surface area contributed by atoms with Crippen LogP contribution in [0.1, 0.15) is 31.2 Å². The summed E-state index contributed by atoms with van der Waals surface area (Å²) in [5, 5.41) is 0. The highest BCUT2D eigenvalue weighted by Gasteiger charge is 2.32. The maximum absolute atomic E-state index is 12.5. The van der Waals surface area contributed by atoms with Crippen molar-refractivity contribution in [3.63, 3.8) is 0 Å². The number of allylic oxidation sites excluding steroid dienone is 1. The number of hydrogen-bond acceptors (Lipinski definition) is 2. The van der Waals surface area contributed by atoms with E-state index in [1.807, 2.05) is 0 Å². The van der Waals surface area contributed by atoms with E-state index in [1.165, 1.54) is 15.5 Å². The molecular weight excluding hydrogens is 315 g/mol. The Balaban J connectivity index is 1.77. The molecule has 1 aliphatic heterocycles. The lowest BCUT2D eigenvalue weighted by molar-refractivity contribution is -0.137. The maximum atomic E-state index is 12.5. The zero-order chi connectivity index (χ0) is 16.0. The molecule has 2 fully saturated rings. The molecule has 0 N–H and O–H groups in total. The van der Waals surface area contributed by atoms with E-state index in [1.54, 1.807) is 0 Å². The molecule has 1 saturated carbocycles. The van der Waals surface area contributed by atoms with E-state index < -0.39 is 21.8 Å². The van der Waals surface area contributed by atoms with E-state index in [-0.39, 0.29) is 4.90 Å². The smallest absolute Gasteiger partial charge is 0.207 e. The number of sulfonamides is 1. The topological polar surface area (TPSA) is 37.4 Å². The minimum absolute atomic E-state index is 0.0805. The van der Waals surface area contributed by atoms with E-state index >= 15 is 0 Å². The Bertz CT molecular complexity index is 689. The summed E-state index contributed by atoms with van der Waals surface area (Å²) in [5.74, 6) is 0. The first-order valence-electron chi connectivity index (χ1n) is 7.16. The van der Waals surface area contributed by atoms with Gasteiger partial charge in [-0.2, -0.15) is 17.5 Å². The Kier molecular flexibility index (Phi) is 3.81. The third kappa shape index (κ3) is 3.05. The van der Waals surface area contributed by atoms with Crippen molar-refractivity contribution in [2.24, 2.45) is 0 Å². The van der Waals surface area contributed by atoms with Crippen molar-refractivity contribution in [2.45, 2.75) is 36.8 Å². The average Bonchev–Trinajstić information content (AvgIpc) is 3.31. The van der Waals surface area contributed by atoms with Gasteiger partial charge >= 0.3 is 6.18 Å². The molecule has 0 aromatic heterocycles. The number of hydrogen-bond donors (Lipinski definition) is 0. The van der Waals surface area contributed by atoms with E-state index in [2.05, 4.69) is 0 Å². The van der Waals surface area contributed by atoms with Crippen LogP contribution in [-0.4, -0.2) is 25.8 Å². The second-order valence-electron chi connectivity index (χ2n) is 5.63. The van der Waals surface area contributed by atoms with Gasteiger partial charge in [0.15, 0.2) is 0 Å². The quantitative estimate of drug-likeness (QED) is 0.777. The Morgan fingerprint density at radius 1 is 0.864 bits per heavy atom. The predicted molar refractivity (Wildman–Crippen MR) is 75.7 cm³/mol. The summed E-state index contributed by atoms with van der Waals surface area (Å²) in [6, 6.07) is 3.70. The molecule has 0 spiro atoms. The van der Waals surface area contributed by atoms with Crippen LogP contribution in [0.25, 0.3) is 0 Å². The first-order valence-corrected chi connectivity index (χ1v) is 8.60. The lowest BCUT2D eigenvalue weighted by Gasteiger charge is -2.27. The van der Waals surface area contributed by atoms with Crippen molar-refractivity contribution >= 4 is 10.0 Å². The van der Waals surface area contributed by atoms with Gasteiger partial charge in [-0.05, 0) is 49.9 Å². The molecule has 7 heteroatoms. The molecule has 1 aromatic rings. The third-order valence-corrected chi connectivity index (χ3v) is 6.06. The molecule has 0 unspecified atom stereocenters. The molecule has 0 atom stereocenters. The molecule has 1 aromatic carbocycles. The van der Waals surface area contributed by atoms with Gasteiger partial charge < -0.3 is 0 Å². The molecule has 1 saturated heterocycles. The molecule has 0 radical (unpaired) electrons. The Hall–Kier alpha value is -1.34. The molecule has 2 aliphatic rings. The highest BCUT2D eigenvalue weighted by atomic mass is 32.2. The predicted octanol–water partition coefficient (Wildman–Crippen LogP) is 3.58. The van der Waals surface area contributed by atoms with Gasteiger partial charge in [-0.3, -0.25) is 0 Å². The molecule has 0 amide bonds. The lowest BCUT2D eigenvalue weighted by Crippen LogP contribution is -2.36. The van der Waals surface area contributed by atoms with Crippen molar-refractivity contribution in [1.29, 1.82) is 0 Å². The summed E-state index contributed by atoms with van der Waals surface area (Å²) in [7, 11) is -3.71. The van der Waals surface area contributed by atoms with Crippen LogP contribution in [0, 0.1) is 0 Å². The summed E-state index contributed by atoms with van der Waals surface area (Å²) in [6.45, 7) is 0.810. The van der Waals surface area contributed by atoms with Crippen LogP contribution in [-0.2, 0) is 16.2 Å². The van der Waals surface area contributed by atoms with Crippen molar-refractivity contribution in [2.75, 3.05) is 13.1 Å². The first-order chi connectivity index (χ1) is 10.3. The van der Waals surface area contributed by atoms with Crippen molar-refractivity contribution in [3.05, 3.63) is 41.0 Å². The maximum Gasteiger partial charge on any atom is 0.416 e. The van der Waals surface area contributed by atoms with E-state index in [9.17, 15) is 21.6 Å². The van der Waals surface area contributed by atoms with Crippen LogP contribution in [0.15, 0.2) is 40.3 Å². The van der Waals surface area contributed by atoms with Crippen LogP contribution < -0.4 is 0 Å². The van der Waals surface area contributed by atoms with Crippen molar-refractivity contribution in [1.82, 2.24) is 4.31 Å². The van der Waals surface area contributed by atoms with Gasteiger partial charge in [0.05, 0.1) is 10.5 Å². The second-order valence-corrected chi connectivity index (χ2v) is 7.57. The minimum Gasteiger partial charge on any atom is -0.207 e. The zero-order valence-electron chi connectivity index (χ0n) is 11.9. The van der Waals surface area contributed by atoms with Crippen molar-refractivity contribution < 1.29 is 21.6 Å². The van der Waals surface area contributed by atoms with Gasteiger partial charge in [0, 0.05) is 13.1 Å². The van der Waals surface area contributed by atoms with Crippen LogP contribution in [0.4, 0.5) is 13.2 Å². The number of alkyl halides is 3. The molecule has 22 heavy (non-hydrogen) atoms. The molecule has 1 aliphatic carbocycles. The van der Waals surface area contributed by atoms with Crippen LogP contribution >= 0.6 is 0 Å². The highest BCUT2D eigenvalue weighted by Crippen LogP contribution is 2.37. The Morgan fingerprint density at radius 3 is 1.82 bits per heavy atom. The fraction of sp³-hybridized carbons (Fsp3) is 0.467. The molecule has 3 rings (SSSR count). The summed E-state index contributed by atoms with van der Waals surface area (Å²) in [5.41, 5.74) is 1.97. The van der Waals surface area contributed by atoms with Gasteiger partial charge in [0.2, 0.25) is 10.0 Å². The number of rotatable bonds is 2. The molecule has 3 nitrogen and oxygen atoms in total. The lowest BCUT2D eigenvalue weighted by atomic mass is 10.1. The van der Waals surface area contributed by atoms with Crippen LogP contribution in [0.3, 0.4) is 0 Å². The SMILES string of the molecule is O=S(=O)(c1ccc(C(F)(F)F)cc1)N1CCC(=C2CC2)CC1. The average molecular weight is 331 g/mol. The number of nitrogens with zero attached hydrogens (tertiary/aromatic N) is 1. The van der Waals surface area contributed by atoms with Gasteiger partial charge in [-0.1, -0.05) is 11.1 Å². The molecule has 1 heterocycles. The van der Waals surface area contributed by atoms with Gasteiger partial charge in [-0.25, -0.2) is 8.42 Å². The van der Waals surface area contributed by atoms with Crippen LogP contribution in [0.5, 0.6) is 0 Å². The largest absolute Gasteiger partial charge is 0.416 e. The summed E-state index contributed by atoms with van der Waals surface area (Å²) >= 11 is 0. The summed E-state index contributed by atoms with van der Waals surface area (Å²) in [6.07, 6.45) is -0.745. The summed E-state index contributed by atoms with van der Waals surface area (Å²) < 4.78 is 63.9. The number of benzene rings is 1. The Labute approximate surface area is 127 Å². The second kappa shape index (κ2) is 5.38. The molecule has 120 valence electrons. The van der Waals surface area contributed by atoms with Gasteiger partial charge in [0.1, 0.15) is 0 Å². The monoisotopic (exact) mass is 331 g/mol. The molecular formula is C15H16F3NO2S. The van der Waals surface area contributed by atoms with Crippen LogP contribution in [0.2, 0.25) is 0 Å². The molecule has 0 bridgehead atoms. The van der Waals surface area contributed by atoms with E-state index in [4.69, 9.17) is 0 Å². The number of piperidine rings is 1. The fourth-order valence-corrected chi connectivity index (χ4v) is 4.17. The third-order valence-electron chi connectivity index (χ3n) is 4.15. The first kappa shape index (κ1) is 15.6. The highest BCUT2D eigenvalue weighted by molar-refractivity contribution is 7.89. The van der Waals surface area contributed by atoms with E-state index in [0.29, 0.717) is 13.1 Å². The normalized spacial score (nSPS) is 20.3. The van der Waals surface area contributed by atoms with Gasteiger partial charge in [0.25, 0.3) is 0 Å².